The van der Waals surface area contributed by atoms with Crippen LogP contribution in [0.4, 0.5) is 14.6 Å². The van der Waals surface area contributed by atoms with Gasteiger partial charge in [0.05, 0.1) is 0 Å². The van der Waals surface area contributed by atoms with Crippen molar-refractivity contribution in [1.29, 1.82) is 0 Å². The van der Waals surface area contributed by atoms with Crippen LogP contribution in [0.5, 0.6) is 0 Å². The Hall–Kier alpha value is -2.50. The highest BCUT2D eigenvalue weighted by molar-refractivity contribution is 5.92. The molecule has 19 heavy (non-hydrogen) atoms. The Balaban J connectivity index is 2.14. The second-order valence-electron chi connectivity index (χ2n) is 3.81. The maximum atomic E-state index is 13.0. The molecule has 0 aliphatic rings. The largest absolute Gasteiger partial charge is 0.478 e. The van der Waals surface area contributed by atoms with Gasteiger partial charge in [-0.25, -0.2) is 18.6 Å². The monoisotopic (exact) mass is 264 g/mol. The van der Waals surface area contributed by atoms with Crippen LogP contribution < -0.4 is 5.32 Å². The first-order valence-electron chi connectivity index (χ1n) is 5.44. The second kappa shape index (κ2) is 5.43. The molecule has 0 spiro atoms. The van der Waals surface area contributed by atoms with Crippen molar-refractivity contribution >= 4 is 11.8 Å². The van der Waals surface area contributed by atoms with Crippen molar-refractivity contribution in [1.82, 2.24) is 4.98 Å². The lowest BCUT2D eigenvalue weighted by Crippen LogP contribution is -2.08. The third-order valence-electron chi connectivity index (χ3n) is 2.48. The van der Waals surface area contributed by atoms with E-state index < -0.39 is 17.6 Å². The van der Waals surface area contributed by atoms with Crippen molar-refractivity contribution in [3.05, 3.63) is 59.3 Å². The number of benzene rings is 1. The zero-order valence-corrected chi connectivity index (χ0v) is 9.73. The highest BCUT2D eigenvalue weighted by atomic mass is 19.2. The molecule has 1 heterocycles. The highest BCUT2D eigenvalue weighted by Gasteiger charge is 2.10. The van der Waals surface area contributed by atoms with E-state index in [1.807, 2.05) is 0 Å². The summed E-state index contributed by atoms with van der Waals surface area (Å²) in [7, 11) is 0. The number of aromatic carboxylic acids is 1. The molecule has 6 heteroatoms. The number of carboxylic acids is 1. The normalized spacial score (nSPS) is 10.2. The van der Waals surface area contributed by atoms with Crippen molar-refractivity contribution in [2.24, 2.45) is 0 Å². The molecule has 0 amide bonds. The number of aromatic nitrogens is 1. The number of hydrogen-bond acceptors (Lipinski definition) is 3. The van der Waals surface area contributed by atoms with Crippen LogP contribution in [0.1, 0.15) is 15.9 Å². The van der Waals surface area contributed by atoms with Crippen molar-refractivity contribution in [2.45, 2.75) is 6.54 Å². The molecule has 0 radical (unpaired) electrons. The lowest BCUT2D eigenvalue weighted by molar-refractivity contribution is 0.0697. The number of halogens is 2. The average molecular weight is 264 g/mol. The van der Waals surface area contributed by atoms with Gasteiger partial charge >= 0.3 is 5.97 Å². The van der Waals surface area contributed by atoms with Crippen molar-refractivity contribution in [3.8, 4) is 0 Å². The molecule has 2 N–H and O–H groups in total. The molecule has 0 aliphatic heterocycles. The molecule has 0 bridgehead atoms. The van der Waals surface area contributed by atoms with Gasteiger partial charge in [0.25, 0.3) is 0 Å². The second-order valence-corrected chi connectivity index (χ2v) is 3.81. The molecule has 0 fully saturated rings. The van der Waals surface area contributed by atoms with Gasteiger partial charge < -0.3 is 10.4 Å². The first-order chi connectivity index (χ1) is 9.08. The number of pyridine rings is 1. The fourth-order valence-corrected chi connectivity index (χ4v) is 1.55. The summed E-state index contributed by atoms with van der Waals surface area (Å²) in [6.45, 7) is 0.147. The van der Waals surface area contributed by atoms with E-state index in [1.54, 1.807) is 0 Å². The molecule has 4 nitrogen and oxygen atoms in total. The van der Waals surface area contributed by atoms with Gasteiger partial charge in [0.15, 0.2) is 11.6 Å². The molecule has 0 saturated carbocycles. The van der Waals surface area contributed by atoms with E-state index in [0.717, 1.165) is 12.1 Å². The quantitative estimate of drug-likeness (QED) is 0.891. The smallest absolute Gasteiger partial charge is 0.339 e. The SMILES string of the molecule is O=C(O)c1cccnc1NCc1ccc(F)c(F)c1. The lowest BCUT2D eigenvalue weighted by atomic mass is 10.2. The molecule has 2 aromatic rings. The fourth-order valence-electron chi connectivity index (χ4n) is 1.55. The Kier molecular flexibility index (Phi) is 3.70. The van der Waals surface area contributed by atoms with E-state index in [9.17, 15) is 13.6 Å². The fraction of sp³-hybridized carbons (Fsp3) is 0.0769. The number of nitrogens with zero attached hydrogens (tertiary/aromatic N) is 1. The van der Waals surface area contributed by atoms with E-state index in [4.69, 9.17) is 5.11 Å². The van der Waals surface area contributed by atoms with Gasteiger partial charge in [-0.3, -0.25) is 0 Å². The van der Waals surface area contributed by atoms with Gasteiger partial charge in [-0.15, -0.1) is 0 Å². The Labute approximate surface area is 107 Å². The molecule has 0 atom stereocenters. The summed E-state index contributed by atoms with van der Waals surface area (Å²) in [4.78, 5) is 14.8. The summed E-state index contributed by atoms with van der Waals surface area (Å²) in [5, 5.41) is 11.7. The molecular weight excluding hydrogens is 254 g/mol. The molecule has 0 unspecified atom stereocenters. The van der Waals surface area contributed by atoms with Crippen molar-refractivity contribution in [2.75, 3.05) is 5.32 Å². The molecule has 2 rings (SSSR count). The predicted octanol–water partition coefficient (Wildman–Crippen LogP) is 2.67. The van der Waals surface area contributed by atoms with E-state index in [1.165, 1.54) is 24.4 Å². The number of anilines is 1. The Morgan fingerprint density at radius 3 is 2.74 bits per heavy atom. The maximum absolute atomic E-state index is 13.0. The van der Waals surface area contributed by atoms with Crippen LogP contribution in [0.15, 0.2) is 36.5 Å². The summed E-state index contributed by atoms with van der Waals surface area (Å²) < 4.78 is 25.7. The van der Waals surface area contributed by atoms with Gasteiger partial charge in [0.1, 0.15) is 11.4 Å². The number of hydrogen-bond donors (Lipinski definition) is 2. The van der Waals surface area contributed by atoms with Gasteiger partial charge in [-0.05, 0) is 29.8 Å². The highest BCUT2D eigenvalue weighted by Crippen LogP contribution is 2.14. The zero-order valence-electron chi connectivity index (χ0n) is 9.73. The van der Waals surface area contributed by atoms with Crippen molar-refractivity contribution < 1.29 is 18.7 Å². The first-order valence-corrected chi connectivity index (χ1v) is 5.44. The summed E-state index contributed by atoms with van der Waals surface area (Å²) in [5.41, 5.74) is 0.506. The summed E-state index contributed by atoms with van der Waals surface area (Å²) >= 11 is 0. The zero-order chi connectivity index (χ0) is 13.8. The van der Waals surface area contributed by atoms with Gasteiger partial charge in [0.2, 0.25) is 0 Å². The van der Waals surface area contributed by atoms with E-state index in [0.29, 0.717) is 5.56 Å². The maximum Gasteiger partial charge on any atom is 0.339 e. The number of rotatable bonds is 4. The van der Waals surface area contributed by atoms with Crippen LogP contribution in [0.25, 0.3) is 0 Å². The Morgan fingerprint density at radius 1 is 1.26 bits per heavy atom. The summed E-state index contributed by atoms with van der Waals surface area (Å²) in [6, 6.07) is 6.39. The number of nitrogens with one attached hydrogen (secondary N) is 1. The number of carboxylic acid groups (broad SMARTS) is 1. The minimum atomic E-state index is -1.11. The molecule has 98 valence electrons. The van der Waals surface area contributed by atoms with Crippen LogP contribution >= 0.6 is 0 Å². The van der Waals surface area contributed by atoms with Crippen molar-refractivity contribution in [3.63, 3.8) is 0 Å². The van der Waals surface area contributed by atoms with Crippen LogP contribution in [-0.4, -0.2) is 16.1 Å². The van der Waals surface area contributed by atoms with Gasteiger partial charge in [0, 0.05) is 12.7 Å². The topological polar surface area (TPSA) is 62.2 Å². The Bertz CT molecular complexity index is 617. The van der Waals surface area contributed by atoms with Crippen LogP contribution in [0.2, 0.25) is 0 Å². The lowest BCUT2D eigenvalue weighted by Gasteiger charge is -2.08. The van der Waals surface area contributed by atoms with Gasteiger partial charge in [-0.1, -0.05) is 6.07 Å². The molecule has 0 saturated heterocycles. The molecular formula is C13H10F2N2O2. The standard InChI is InChI=1S/C13H10F2N2O2/c14-10-4-3-8(6-11(10)15)7-17-12-9(13(18)19)2-1-5-16-12/h1-6H,7H2,(H,16,17)(H,18,19). The van der Waals surface area contributed by atoms with Crippen LogP contribution in [-0.2, 0) is 6.54 Å². The summed E-state index contributed by atoms with van der Waals surface area (Å²) in [6.07, 6.45) is 1.44. The average Bonchev–Trinajstić information content (AvgIpc) is 2.40. The molecule has 0 aliphatic carbocycles. The predicted molar refractivity (Wildman–Crippen MR) is 64.9 cm³/mol. The van der Waals surface area contributed by atoms with E-state index >= 15 is 0 Å². The first kappa shape index (κ1) is 12.9. The number of carbonyl (C=O) groups is 1. The minimum absolute atomic E-state index is 0.0186. The van der Waals surface area contributed by atoms with E-state index in [-0.39, 0.29) is 17.9 Å². The Morgan fingerprint density at radius 2 is 2.05 bits per heavy atom. The van der Waals surface area contributed by atoms with E-state index in [2.05, 4.69) is 10.3 Å². The van der Waals surface area contributed by atoms with Gasteiger partial charge in [-0.2, -0.15) is 0 Å². The summed E-state index contributed by atoms with van der Waals surface area (Å²) in [5.74, 6) is -2.80. The molecule has 1 aromatic heterocycles. The van der Waals surface area contributed by atoms with Crippen LogP contribution in [0.3, 0.4) is 0 Å². The molecule has 1 aromatic carbocycles. The minimum Gasteiger partial charge on any atom is -0.478 e. The third-order valence-corrected chi connectivity index (χ3v) is 2.48. The third kappa shape index (κ3) is 3.04. The van der Waals surface area contributed by atoms with Crippen LogP contribution in [0, 0.1) is 11.6 Å².